The van der Waals surface area contributed by atoms with E-state index >= 15 is 0 Å². The van der Waals surface area contributed by atoms with Gasteiger partial charge in [-0.2, -0.15) is 0 Å². The van der Waals surface area contributed by atoms with Crippen molar-refractivity contribution < 1.29 is 18.8 Å². The molecule has 0 fully saturated rings. The normalized spacial score (nSPS) is 11.0. The second-order valence-electron chi connectivity index (χ2n) is 5.62. The Hall–Kier alpha value is -2.84. The zero-order valence-electron chi connectivity index (χ0n) is 14.6. The highest BCUT2D eigenvalue weighted by atomic mass is 31.2. The van der Waals surface area contributed by atoms with Gasteiger partial charge < -0.3 is 14.0 Å². The Morgan fingerprint density at radius 1 is 0.692 bits per heavy atom. The summed E-state index contributed by atoms with van der Waals surface area (Å²) in [6.45, 7) is 0. The van der Waals surface area contributed by atoms with Gasteiger partial charge in [0.05, 0.1) is 14.2 Å². The van der Waals surface area contributed by atoms with Crippen molar-refractivity contribution >= 4 is 23.3 Å². The maximum absolute atomic E-state index is 14.2. The number of rotatable bonds is 6. The van der Waals surface area contributed by atoms with Gasteiger partial charge in [0.25, 0.3) is 0 Å². The van der Waals surface area contributed by atoms with E-state index in [0.717, 1.165) is 0 Å². The van der Waals surface area contributed by atoms with Crippen molar-refractivity contribution in [3.8, 4) is 11.5 Å². The predicted molar refractivity (Wildman–Crippen MR) is 104 cm³/mol. The minimum atomic E-state index is -3.62. The van der Waals surface area contributed by atoms with Gasteiger partial charge in [-0.1, -0.05) is 66.7 Å². The van der Waals surface area contributed by atoms with Crippen molar-refractivity contribution in [1.82, 2.24) is 0 Å². The fraction of sp³-hybridized carbons (Fsp3) is 0.0952. The summed E-state index contributed by atoms with van der Waals surface area (Å²) in [4.78, 5) is 13.6. The molecule has 5 heteroatoms. The van der Waals surface area contributed by atoms with Crippen molar-refractivity contribution in [1.29, 1.82) is 0 Å². The van der Waals surface area contributed by atoms with Crippen LogP contribution >= 0.6 is 7.14 Å². The zero-order valence-corrected chi connectivity index (χ0v) is 15.5. The number of hydrogen-bond acceptors (Lipinski definition) is 4. The average molecular weight is 366 g/mol. The molecule has 0 amide bonds. The molecule has 3 aromatic rings. The predicted octanol–water partition coefficient (Wildman–Crippen LogP) is 3.86. The molecule has 3 aromatic carbocycles. The van der Waals surface area contributed by atoms with Gasteiger partial charge in [-0.3, -0.25) is 4.79 Å². The molecule has 0 radical (unpaired) electrons. The molecule has 0 aliphatic carbocycles. The average Bonchev–Trinajstić information content (AvgIpc) is 2.73. The lowest BCUT2D eigenvalue weighted by Gasteiger charge is -2.20. The third-order valence-corrected chi connectivity index (χ3v) is 7.01. The monoisotopic (exact) mass is 366 g/mol. The fourth-order valence-electron chi connectivity index (χ4n) is 2.88. The molecule has 0 aliphatic heterocycles. The molecule has 0 aliphatic rings. The smallest absolute Gasteiger partial charge is 0.237 e. The van der Waals surface area contributed by atoms with Gasteiger partial charge >= 0.3 is 0 Å². The molecule has 0 spiro atoms. The van der Waals surface area contributed by atoms with E-state index in [0.29, 0.717) is 22.1 Å². The molecule has 0 N–H and O–H groups in total. The summed E-state index contributed by atoms with van der Waals surface area (Å²) in [6.07, 6.45) is 0. The van der Waals surface area contributed by atoms with Gasteiger partial charge in [-0.15, -0.1) is 0 Å². The van der Waals surface area contributed by atoms with E-state index in [4.69, 9.17) is 9.47 Å². The van der Waals surface area contributed by atoms with E-state index in [1.165, 1.54) is 14.2 Å². The molecule has 0 aromatic heterocycles. The SMILES string of the molecule is COc1cccc(OC)c1C(=O)P(=O)(c1ccccc1)c1ccccc1. The topological polar surface area (TPSA) is 52.6 Å². The van der Waals surface area contributed by atoms with Gasteiger partial charge in [-0.25, -0.2) is 0 Å². The Kier molecular flexibility index (Phi) is 5.24. The summed E-state index contributed by atoms with van der Waals surface area (Å²) in [5.41, 5.74) is -0.322. The van der Waals surface area contributed by atoms with Gasteiger partial charge in [0.15, 0.2) is 0 Å². The molecule has 0 unspecified atom stereocenters. The molecular formula is C21H19O4P. The van der Waals surface area contributed by atoms with Crippen LogP contribution < -0.4 is 20.1 Å². The lowest BCUT2D eigenvalue weighted by Crippen LogP contribution is -2.23. The summed E-state index contributed by atoms with van der Waals surface area (Å²) in [7, 11) is -0.669. The van der Waals surface area contributed by atoms with E-state index in [2.05, 4.69) is 0 Å². The maximum atomic E-state index is 14.2. The van der Waals surface area contributed by atoms with E-state index in [-0.39, 0.29) is 5.56 Å². The van der Waals surface area contributed by atoms with Gasteiger partial charge in [0.2, 0.25) is 12.7 Å². The first kappa shape index (κ1) is 18.0. The molecule has 132 valence electrons. The number of hydrogen-bond donors (Lipinski definition) is 0. The van der Waals surface area contributed by atoms with Gasteiger partial charge in [0.1, 0.15) is 17.1 Å². The van der Waals surface area contributed by atoms with Crippen LogP contribution in [0.5, 0.6) is 11.5 Å². The van der Waals surface area contributed by atoms with Gasteiger partial charge in [0, 0.05) is 10.6 Å². The number of ether oxygens (including phenoxy) is 2. The summed E-state index contributed by atoms with van der Waals surface area (Å²) in [6, 6.07) is 22.7. The lowest BCUT2D eigenvalue weighted by molar-refractivity contribution is 0.107. The van der Waals surface area contributed by atoms with E-state index in [9.17, 15) is 9.36 Å². The summed E-state index contributed by atoms with van der Waals surface area (Å²) in [5.74, 6) is 0.669. The molecule has 3 rings (SSSR count). The number of benzene rings is 3. The fourth-order valence-corrected chi connectivity index (χ4v) is 5.37. The molecule has 0 saturated heterocycles. The zero-order chi connectivity index (χ0) is 18.6. The Morgan fingerprint density at radius 2 is 1.12 bits per heavy atom. The van der Waals surface area contributed by atoms with E-state index in [1.807, 2.05) is 12.1 Å². The first-order chi connectivity index (χ1) is 12.6. The number of methoxy groups -OCH3 is 2. The van der Waals surface area contributed by atoms with Crippen molar-refractivity contribution in [3.05, 3.63) is 84.4 Å². The molecule has 0 heterocycles. The van der Waals surface area contributed by atoms with Crippen molar-refractivity contribution in [3.63, 3.8) is 0 Å². The third kappa shape index (κ3) is 3.04. The minimum Gasteiger partial charge on any atom is -0.496 e. The van der Waals surface area contributed by atoms with Crippen LogP contribution in [0, 0.1) is 0 Å². The van der Waals surface area contributed by atoms with E-state index in [1.54, 1.807) is 66.7 Å². The Balaban J connectivity index is 2.29. The van der Waals surface area contributed by atoms with Crippen LogP contribution in [-0.4, -0.2) is 19.7 Å². The Bertz CT molecular complexity index is 887. The minimum absolute atomic E-state index is 0.188. The maximum Gasteiger partial charge on any atom is 0.237 e. The highest BCUT2D eigenvalue weighted by Crippen LogP contribution is 2.50. The molecular weight excluding hydrogens is 347 g/mol. The first-order valence-corrected chi connectivity index (χ1v) is 9.80. The van der Waals surface area contributed by atoms with Crippen LogP contribution in [0.1, 0.15) is 10.4 Å². The third-order valence-electron chi connectivity index (χ3n) is 4.17. The Labute approximate surface area is 152 Å². The molecule has 26 heavy (non-hydrogen) atoms. The van der Waals surface area contributed by atoms with Crippen molar-refractivity contribution in [2.45, 2.75) is 0 Å². The number of carbonyl (C=O) groups excluding carboxylic acids is 1. The highest BCUT2D eigenvalue weighted by molar-refractivity contribution is 7.93. The van der Waals surface area contributed by atoms with Crippen molar-refractivity contribution in [2.24, 2.45) is 0 Å². The molecule has 4 nitrogen and oxygen atoms in total. The molecule has 0 saturated carbocycles. The summed E-state index contributed by atoms with van der Waals surface area (Å²) >= 11 is 0. The quantitative estimate of drug-likeness (QED) is 0.622. The van der Waals surface area contributed by atoms with Crippen LogP contribution in [0.2, 0.25) is 0 Å². The second-order valence-corrected chi connectivity index (χ2v) is 8.28. The standard InChI is InChI=1S/C21H19O4P/c1-24-18-14-9-15-19(25-2)20(18)21(22)26(23,16-10-5-3-6-11-16)17-12-7-4-8-13-17/h3-15H,1-2H3. The number of carbonyl (C=O) groups is 1. The molecule has 0 atom stereocenters. The van der Waals surface area contributed by atoms with Crippen molar-refractivity contribution in [2.75, 3.05) is 14.2 Å². The highest BCUT2D eigenvalue weighted by Gasteiger charge is 2.39. The van der Waals surface area contributed by atoms with E-state index < -0.39 is 12.7 Å². The van der Waals surface area contributed by atoms with Crippen LogP contribution in [0.3, 0.4) is 0 Å². The van der Waals surface area contributed by atoms with Crippen LogP contribution in [-0.2, 0) is 4.57 Å². The summed E-state index contributed by atoms with van der Waals surface area (Å²) in [5, 5.41) is 0.952. The first-order valence-electron chi connectivity index (χ1n) is 8.10. The van der Waals surface area contributed by atoms with Crippen LogP contribution in [0.4, 0.5) is 0 Å². The van der Waals surface area contributed by atoms with Crippen LogP contribution in [0.25, 0.3) is 0 Å². The molecule has 0 bridgehead atoms. The second kappa shape index (κ2) is 7.59. The van der Waals surface area contributed by atoms with Gasteiger partial charge in [-0.05, 0) is 12.1 Å². The lowest BCUT2D eigenvalue weighted by atomic mass is 10.2. The summed E-state index contributed by atoms with van der Waals surface area (Å²) < 4.78 is 24.9. The largest absolute Gasteiger partial charge is 0.496 e. The van der Waals surface area contributed by atoms with Crippen LogP contribution in [0.15, 0.2) is 78.9 Å². The Morgan fingerprint density at radius 3 is 1.50 bits per heavy atom.